The first-order valence-electron chi connectivity index (χ1n) is 12.2. The van der Waals surface area contributed by atoms with Crippen LogP contribution < -0.4 is 15.8 Å². The van der Waals surface area contributed by atoms with E-state index in [9.17, 15) is 9.59 Å². The summed E-state index contributed by atoms with van der Waals surface area (Å²) in [4.78, 5) is 36.1. The molecular weight excluding hydrogens is 472 g/mol. The Morgan fingerprint density at radius 3 is 2.59 bits per heavy atom. The van der Waals surface area contributed by atoms with Crippen LogP contribution in [0.5, 0.6) is 5.75 Å². The van der Waals surface area contributed by atoms with Crippen molar-refractivity contribution in [1.82, 2.24) is 14.0 Å². The first-order chi connectivity index (χ1) is 18.0. The number of hydrogen-bond acceptors (Lipinski definition) is 7. The summed E-state index contributed by atoms with van der Waals surface area (Å²) in [5, 5.41) is 0.289. The van der Waals surface area contributed by atoms with E-state index in [-0.39, 0.29) is 23.1 Å². The zero-order chi connectivity index (χ0) is 26.4. The van der Waals surface area contributed by atoms with Gasteiger partial charge in [0.05, 0.1) is 24.8 Å². The SMILES string of the molecule is C=C(N=c1c(C(=O)OCC)cc2c(=O)n3ccccc3nc2n1CCCOCC)c1ccc(OC)cc1. The van der Waals surface area contributed by atoms with Gasteiger partial charge in [0.25, 0.3) is 5.56 Å². The number of carbonyl (C=O) groups excluding carboxylic acids is 1. The van der Waals surface area contributed by atoms with Crippen LogP contribution in [0.3, 0.4) is 0 Å². The first-order valence-corrected chi connectivity index (χ1v) is 12.2. The Labute approximate surface area is 214 Å². The molecule has 0 N–H and O–H groups in total. The molecule has 192 valence electrons. The molecule has 0 amide bonds. The maximum Gasteiger partial charge on any atom is 0.341 e. The fourth-order valence-electron chi connectivity index (χ4n) is 4.01. The number of aryl methyl sites for hydroxylation is 1. The largest absolute Gasteiger partial charge is 0.497 e. The molecule has 0 bridgehead atoms. The lowest BCUT2D eigenvalue weighted by atomic mass is 10.1. The minimum absolute atomic E-state index is 0.162. The monoisotopic (exact) mass is 502 g/mol. The molecule has 0 unspecified atom stereocenters. The summed E-state index contributed by atoms with van der Waals surface area (Å²) in [5.41, 5.74) is 2.28. The maximum atomic E-state index is 13.4. The van der Waals surface area contributed by atoms with E-state index in [0.29, 0.717) is 54.4 Å². The topological polar surface area (TPSA) is 96.4 Å². The van der Waals surface area contributed by atoms with E-state index in [4.69, 9.17) is 24.2 Å². The number of rotatable bonds is 10. The van der Waals surface area contributed by atoms with E-state index in [2.05, 4.69) is 6.58 Å². The Morgan fingerprint density at radius 1 is 1.11 bits per heavy atom. The highest BCUT2D eigenvalue weighted by atomic mass is 16.5. The van der Waals surface area contributed by atoms with Gasteiger partial charge in [-0.1, -0.05) is 12.6 Å². The molecule has 4 aromatic rings. The van der Waals surface area contributed by atoms with Crippen molar-refractivity contribution >= 4 is 28.3 Å². The summed E-state index contributed by atoms with van der Waals surface area (Å²) in [6, 6.07) is 14.2. The van der Waals surface area contributed by atoms with Gasteiger partial charge in [-0.25, -0.2) is 14.8 Å². The molecule has 0 saturated carbocycles. The zero-order valence-corrected chi connectivity index (χ0v) is 21.3. The van der Waals surface area contributed by atoms with Crippen molar-refractivity contribution in [1.29, 1.82) is 0 Å². The van der Waals surface area contributed by atoms with Crippen LogP contribution in [-0.4, -0.2) is 46.9 Å². The quantitative estimate of drug-likeness (QED) is 0.186. The first kappa shape index (κ1) is 25.8. The number of nitrogens with zero attached hydrogens (tertiary/aromatic N) is 4. The second kappa shape index (κ2) is 11.7. The lowest BCUT2D eigenvalue weighted by Gasteiger charge is -2.16. The van der Waals surface area contributed by atoms with Gasteiger partial charge >= 0.3 is 5.97 Å². The maximum absolute atomic E-state index is 13.4. The van der Waals surface area contributed by atoms with Crippen molar-refractivity contribution in [3.8, 4) is 5.75 Å². The van der Waals surface area contributed by atoms with Gasteiger partial charge in [0.2, 0.25) is 0 Å². The van der Waals surface area contributed by atoms with E-state index >= 15 is 0 Å². The second-order valence-electron chi connectivity index (χ2n) is 8.17. The van der Waals surface area contributed by atoms with E-state index in [1.54, 1.807) is 36.9 Å². The summed E-state index contributed by atoms with van der Waals surface area (Å²) >= 11 is 0. The van der Waals surface area contributed by atoms with Gasteiger partial charge in [-0.3, -0.25) is 9.20 Å². The number of carbonyl (C=O) groups is 1. The summed E-state index contributed by atoms with van der Waals surface area (Å²) in [7, 11) is 1.60. The minimum Gasteiger partial charge on any atom is -0.497 e. The van der Waals surface area contributed by atoms with Crippen LogP contribution in [0.25, 0.3) is 22.4 Å². The third-order valence-corrected chi connectivity index (χ3v) is 5.82. The highest BCUT2D eigenvalue weighted by molar-refractivity contribution is 5.93. The number of pyridine rings is 2. The fraction of sp³-hybridized carbons (Fsp3) is 0.286. The van der Waals surface area contributed by atoms with Gasteiger partial charge in [-0.15, -0.1) is 0 Å². The van der Waals surface area contributed by atoms with Crippen LogP contribution in [0.4, 0.5) is 0 Å². The average molecular weight is 503 g/mol. The van der Waals surface area contributed by atoms with Crippen LogP contribution in [0.2, 0.25) is 0 Å². The second-order valence-corrected chi connectivity index (χ2v) is 8.17. The Bertz CT molecular complexity index is 1570. The molecule has 3 heterocycles. The summed E-state index contributed by atoms with van der Waals surface area (Å²) in [6.45, 7) is 9.47. The third-order valence-electron chi connectivity index (χ3n) is 5.82. The average Bonchev–Trinajstić information content (AvgIpc) is 2.92. The van der Waals surface area contributed by atoms with Gasteiger partial charge in [0, 0.05) is 26.0 Å². The summed E-state index contributed by atoms with van der Waals surface area (Å²) in [5.74, 6) is 0.124. The number of benzene rings is 1. The molecule has 0 aliphatic rings. The molecule has 9 nitrogen and oxygen atoms in total. The predicted molar refractivity (Wildman–Crippen MR) is 142 cm³/mol. The van der Waals surface area contributed by atoms with Gasteiger partial charge in [-0.05, 0) is 68.3 Å². The Morgan fingerprint density at radius 2 is 1.89 bits per heavy atom. The Balaban J connectivity index is 2.02. The molecule has 3 aromatic heterocycles. The van der Waals surface area contributed by atoms with Gasteiger partial charge in [-0.2, -0.15) is 0 Å². The standard InChI is InChI=1S/C28H30N4O5/c1-5-36-17-9-16-32-25-22(27(33)31-15-8-7-10-24(31)30-25)18-23(28(34)37-6-2)26(32)29-19(3)20-11-13-21(35-4)14-12-20/h7-8,10-15,18H,3,5-6,9,16-17H2,1-2,4H3. The highest BCUT2D eigenvalue weighted by Crippen LogP contribution is 2.19. The van der Waals surface area contributed by atoms with Crippen LogP contribution in [-0.2, 0) is 16.0 Å². The van der Waals surface area contributed by atoms with E-state index in [1.807, 2.05) is 37.3 Å². The molecule has 1 aromatic carbocycles. The van der Waals surface area contributed by atoms with Crippen molar-refractivity contribution in [2.45, 2.75) is 26.8 Å². The van der Waals surface area contributed by atoms with E-state index < -0.39 is 5.97 Å². The number of hydrogen-bond donors (Lipinski definition) is 0. The smallest absolute Gasteiger partial charge is 0.341 e. The lowest BCUT2D eigenvalue weighted by molar-refractivity contribution is 0.0523. The van der Waals surface area contributed by atoms with Gasteiger partial charge in [0.1, 0.15) is 28.1 Å². The summed E-state index contributed by atoms with van der Waals surface area (Å²) in [6.07, 6.45) is 2.27. The molecule has 0 fully saturated rings. The van der Waals surface area contributed by atoms with Crippen molar-refractivity contribution < 1.29 is 19.0 Å². The van der Waals surface area contributed by atoms with Crippen molar-refractivity contribution in [3.63, 3.8) is 0 Å². The molecule has 37 heavy (non-hydrogen) atoms. The molecular formula is C28H30N4O5. The molecule has 0 aliphatic carbocycles. The van der Waals surface area contributed by atoms with Crippen LogP contribution in [0, 0.1) is 0 Å². The molecule has 0 aliphatic heterocycles. The number of aromatic nitrogens is 3. The highest BCUT2D eigenvalue weighted by Gasteiger charge is 2.19. The number of fused-ring (bicyclic) bond motifs is 2. The fourth-order valence-corrected chi connectivity index (χ4v) is 4.01. The predicted octanol–water partition coefficient (Wildman–Crippen LogP) is 3.83. The molecule has 9 heteroatoms. The van der Waals surface area contributed by atoms with Crippen molar-refractivity contribution in [2.24, 2.45) is 4.99 Å². The molecule has 0 spiro atoms. The van der Waals surface area contributed by atoms with Crippen LogP contribution in [0.15, 0.2) is 71.1 Å². The Hall–Kier alpha value is -4.24. The van der Waals surface area contributed by atoms with Crippen LogP contribution >= 0.6 is 0 Å². The molecule has 0 radical (unpaired) electrons. The lowest BCUT2D eigenvalue weighted by Crippen LogP contribution is -2.32. The molecule has 4 rings (SSSR count). The minimum atomic E-state index is -0.582. The number of esters is 1. The third kappa shape index (κ3) is 5.46. The normalized spacial score (nSPS) is 11.7. The van der Waals surface area contributed by atoms with E-state index in [1.165, 1.54) is 10.5 Å². The van der Waals surface area contributed by atoms with Crippen LogP contribution in [0.1, 0.15) is 36.2 Å². The number of methoxy groups -OCH3 is 1. The Kier molecular flexibility index (Phi) is 8.15. The zero-order valence-electron chi connectivity index (χ0n) is 21.3. The van der Waals surface area contributed by atoms with E-state index in [0.717, 1.165) is 5.56 Å². The van der Waals surface area contributed by atoms with Gasteiger partial charge < -0.3 is 18.8 Å². The van der Waals surface area contributed by atoms with Gasteiger partial charge in [0.15, 0.2) is 0 Å². The van der Waals surface area contributed by atoms with Crippen molar-refractivity contribution in [3.05, 3.63) is 88.3 Å². The number of ether oxygens (including phenoxy) is 3. The molecule has 0 saturated heterocycles. The van der Waals surface area contributed by atoms with Crippen molar-refractivity contribution in [2.75, 3.05) is 26.9 Å². The summed E-state index contributed by atoms with van der Waals surface area (Å²) < 4.78 is 19.4. The molecule has 0 atom stereocenters.